The second-order valence-corrected chi connectivity index (χ2v) is 7.82. The number of ether oxygens (including phenoxy) is 2. The zero-order valence-electron chi connectivity index (χ0n) is 19.8. The molecule has 0 fully saturated rings. The van der Waals surface area contributed by atoms with Gasteiger partial charge in [0.2, 0.25) is 0 Å². The van der Waals surface area contributed by atoms with Gasteiger partial charge in [-0.25, -0.2) is 0 Å². The van der Waals surface area contributed by atoms with Crippen LogP contribution in [0.3, 0.4) is 0 Å². The molecule has 2 N–H and O–H groups in total. The molecule has 0 saturated carbocycles. The molecule has 0 aliphatic rings. The second-order valence-electron chi connectivity index (χ2n) is 7.41. The maximum absolute atomic E-state index is 13.3. The number of rotatable bonds is 10. The lowest BCUT2D eigenvalue weighted by Gasteiger charge is -2.23. The van der Waals surface area contributed by atoms with E-state index >= 15 is 0 Å². The van der Waals surface area contributed by atoms with E-state index in [4.69, 9.17) is 21.7 Å². The molecule has 0 aromatic heterocycles. The predicted molar refractivity (Wildman–Crippen MR) is 142 cm³/mol. The topological polar surface area (TPSA) is 79.9 Å². The minimum atomic E-state index is -0.388. The number of benzene rings is 3. The van der Waals surface area contributed by atoms with Gasteiger partial charge < -0.3 is 19.7 Å². The van der Waals surface area contributed by atoms with Crippen molar-refractivity contribution < 1.29 is 19.1 Å². The van der Waals surface area contributed by atoms with Crippen LogP contribution in [0.15, 0.2) is 78.9 Å². The highest BCUT2D eigenvalue weighted by molar-refractivity contribution is 7.80. The van der Waals surface area contributed by atoms with E-state index in [1.165, 1.54) is 0 Å². The average molecular weight is 492 g/mol. The number of anilines is 2. The fourth-order valence-corrected chi connectivity index (χ4v) is 3.60. The van der Waals surface area contributed by atoms with Gasteiger partial charge in [-0.3, -0.25) is 14.9 Å². The summed E-state index contributed by atoms with van der Waals surface area (Å²) in [5.41, 5.74) is 2.15. The molecular weight excluding hydrogens is 462 g/mol. The minimum Gasteiger partial charge on any atom is -0.491 e. The Morgan fingerprint density at radius 1 is 0.914 bits per heavy atom. The van der Waals surface area contributed by atoms with Crippen LogP contribution in [0.1, 0.15) is 34.6 Å². The zero-order valence-corrected chi connectivity index (χ0v) is 20.6. The summed E-state index contributed by atoms with van der Waals surface area (Å²) >= 11 is 5.36. The number of para-hydroxylation sites is 2. The summed E-state index contributed by atoms with van der Waals surface area (Å²) in [5.74, 6) is 0.00149. The van der Waals surface area contributed by atoms with E-state index in [0.717, 1.165) is 5.69 Å². The number of nitrogens with one attached hydrogen (secondary N) is 2. The number of thiocarbonyl (C=S) groups is 1. The summed E-state index contributed by atoms with van der Waals surface area (Å²) in [6.45, 7) is 5.81. The molecule has 0 heterocycles. The van der Waals surface area contributed by atoms with Crippen molar-refractivity contribution in [3.8, 4) is 5.75 Å². The van der Waals surface area contributed by atoms with E-state index in [2.05, 4.69) is 10.6 Å². The summed E-state index contributed by atoms with van der Waals surface area (Å²) in [5, 5.41) is 5.74. The van der Waals surface area contributed by atoms with Crippen molar-refractivity contribution in [1.29, 1.82) is 0 Å². The van der Waals surface area contributed by atoms with Gasteiger partial charge in [0.1, 0.15) is 12.4 Å². The van der Waals surface area contributed by atoms with Crippen LogP contribution in [0.5, 0.6) is 5.75 Å². The third kappa shape index (κ3) is 7.37. The maximum atomic E-state index is 13.3. The van der Waals surface area contributed by atoms with Crippen molar-refractivity contribution in [2.75, 3.05) is 36.6 Å². The molecular formula is C27H29N3O4S. The first-order chi connectivity index (χ1) is 17.0. The van der Waals surface area contributed by atoms with Crippen LogP contribution in [0.25, 0.3) is 0 Å². The molecule has 8 heteroatoms. The quantitative estimate of drug-likeness (QED) is 0.310. The van der Waals surface area contributed by atoms with Crippen LogP contribution in [0.4, 0.5) is 11.4 Å². The molecule has 182 valence electrons. The Hall–Kier alpha value is -3.75. The number of carbonyl (C=O) groups excluding carboxylic acids is 2. The van der Waals surface area contributed by atoms with Gasteiger partial charge >= 0.3 is 0 Å². The van der Waals surface area contributed by atoms with E-state index in [1.807, 2.05) is 44.2 Å². The van der Waals surface area contributed by atoms with E-state index in [1.54, 1.807) is 53.4 Å². The van der Waals surface area contributed by atoms with Crippen LogP contribution in [0.2, 0.25) is 0 Å². The summed E-state index contributed by atoms with van der Waals surface area (Å²) in [7, 11) is 0. The number of carbonyl (C=O) groups is 2. The van der Waals surface area contributed by atoms with Crippen molar-refractivity contribution in [2.24, 2.45) is 0 Å². The zero-order chi connectivity index (χ0) is 25.0. The van der Waals surface area contributed by atoms with Crippen molar-refractivity contribution in [1.82, 2.24) is 5.32 Å². The van der Waals surface area contributed by atoms with Gasteiger partial charge in [0, 0.05) is 24.4 Å². The number of nitrogens with zero attached hydrogens (tertiary/aromatic N) is 1. The molecule has 35 heavy (non-hydrogen) atoms. The van der Waals surface area contributed by atoms with Crippen molar-refractivity contribution in [3.63, 3.8) is 0 Å². The Balaban J connectivity index is 1.67. The van der Waals surface area contributed by atoms with Gasteiger partial charge in [0.15, 0.2) is 5.11 Å². The van der Waals surface area contributed by atoms with Crippen molar-refractivity contribution >= 4 is 40.5 Å². The Kier molecular flexibility index (Phi) is 9.77. The molecule has 0 atom stereocenters. The SMILES string of the molecule is CCOCCOc1cccc(C(=O)NC(=S)Nc2ccccc2C(=O)N(CC)c2ccccc2)c1. The Labute approximate surface area is 211 Å². The van der Waals surface area contributed by atoms with E-state index in [0.29, 0.717) is 48.9 Å². The van der Waals surface area contributed by atoms with Crippen molar-refractivity contribution in [2.45, 2.75) is 13.8 Å². The van der Waals surface area contributed by atoms with Gasteiger partial charge in [-0.1, -0.05) is 36.4 Å². The molecule has 0 aliphatic carbocycles. The van der Waals surface area contributed by atoms with E-state index < -0.39 is 0 Å². The number of hydrogen-bond donors (Lipinski definition) is 2. The third-order valence-corrected chi connectivity index (χ3v) is 5.26. The highest BCUT2D eigenvalue weighted by Gasteiger charge is 2.20. The number of hydrogen-bond acceptors (Lipinski definition) is 5. The summed E-state index contributed by atoms with van der Waals surface area (Å²) < 4.78 is 10.9. The molecule has 3 aromatic rings. The van der Waals surface area contributed by atoms with Crippen molar-refractivity contribution in [3.05, 3.63) is 90.0 Å². The van der Waals surface area contributed by atoms with Gasteiger partial charge in [-0.2, -0.15) is 0 Å². The molecule has 0 bridgehead atoms. The Morgan fingerprint density at radius 3 is 2.40 bits per heavy atom. The van der Waals surface area contributed by atoms with Crippen LogP contribution >= 0.6 is 12.2 Å². The molecule has 0 unspecified atom stereocenters. The first-order valence-corrected chi connectivity index (χ1v) is 11.8. The smallest absolute Gasteiger partial charge is 0.260 e. The molecule has 3 rings (SSSR count). The highest BCUT2D eigenvalue weighted by atomic mass is 32.1. The third-order valence-electron chi connectivity index (χ3n) is 5.06. The molecule has 3 aromatic carbocycles. The van der Waals surface area contributed by atoms with E-state index in [9.17, 15) is 9.59 Å². The Morgan fingerprint density at radius 2 is 1.66 bits per heavy atom. The predicted octanol–water partition coefficient (Wildman–Crippen LogP) is 4.90. The van der Waals surface area contributed by atoms with E-state index in [-0.39, 0.29) is 16.9 Å². The molecule has 0 saturated heterocycles. The lowest BCUT2D eigenvalue weighted by molar-refractivity contribution is 0.0973. The summed E-state index contributed by atoms with van der Waals surface area (Å²) in [6, 6.07) is 23.3. The fourth-order valence-electron chi connectivity index (χ4n) is 3.39. The van der Waals surface area contributed by atoms with Crippen LogP contribution in [-0.4, -0.2) is 43.3 Å². The molecule has 0 radical (unpaired) electrons. The van der Waals surface area contributed by atoms with Crippen LogP contribution in [0, 0.1) is 0 Å². The molecule has 0 spiro atoms. The van der Waals surface area contributed by atoms with Gasteiger partial charge in [0.25, 0.3) is 11.8 Å². The number of amides is 2. The first-order valence-electron chi connectivity index (χ1n) is 11.4. The fraction of sp³-hybridized carbons (Fsp3) is 0.222. The van der Waals surface area contributed by atoms with Crippen LogP contribution in [-0.2, 0) is 4.74 Å². The maximum Gasteiger partial charge on any atom is 0.260 e. The standard InChI is InChI=1S/C27H29N3O4S/c1-3-30(21-12-6-5-7-13-21)26(32)23-15-8-9-16-24(23)28-27(35)29-25(31)20-11-10-14-22(19-20)34-18-17-33-4-2/h5-16,19H,3-4,17-18H2,1-2H3,(H2,28,29,31,35). The average Bonchev–Trinajstić information content (AvgIpc) is 2.88. The largest absolute Gasteiger partial charge is 0.491 e. The monoisotopic (exact) mass is 491 g/mol. The van der Waals surface area contributed by atoms with Gasteiger partial charge in [-0.05, 0) is 68.5 Å². The highest BCUT2D eigenvalue weighted by Crippen LogP contribution is 2.22. The lowest BCUT2D eigenvalue weighted by atomic mass is 10.1. The lowest BCUT2D eigenvalue weighted by Crippen LogP contribution is -2.35. The van der Waals surface area contributed by atoms with Gasteiger partial charge in [-0.15, -0.1) is 0 Å². The second kappa shape index (κ2) is 13.2. The molecule has 2 amide bonds. The normalized spacial score (nSPS) is 10.3. The molecule has 0 aliphatic heterocycles. The molecule has 7 nitrogen and oxygen atoms in total. The van der Waals surface area contributed by atoms with Crippen LogP contribution < -0.4 is 20.3 Å². The first kappa shape index (κ1) is 25.9. The Bertz CT molecular complexity index is 1150. The summed E-state index contributed by atoms with van der Waals surface area (Å²) in [6.07, 6.45) is 0. The minimum absolute atomic E-state index is 0.0840. The summed E-state index contributed by atoms with van der Waals surface area (Å²) in [4.78, 5) is 27.7. The van der Waals surface area contributed by atoms with Gasteiger partial charge in [0.05, 0.1) is 17.9 Å².